The number of carbonyl (C=O) groups excluding carboxylic acids is 3. The summed E-state index contributed by atoms with van der Waals surface area (Å²) in [4.78, 5) is 38.8. The molecule has 0 saturated carbocycles. The minimum Gasteiger partial charge on any atom is -0.495 e. The molecule has 1 saturated heterocycles. The Labute approximate surface area is 189 Å². The van der Waals surface area contributed by atoms with Gasteiger partial charge < -0.3 is 14.4 Å². The second kappa shape index (κ2) is 8.44. The molecule has 0 spiro atoms. The van der Waals surface area contributed by atoms with E-state index in [0.717, 1.165) is 0 Å². The van der Waals surface area contributed by atoms with Gasteiger partial charge in [0.05, 0.1) is 30.8 Å². The first-order valence-electron chi connectivity index (χ1n) is 9.70. The predicted octanol–water partition coefficient (Wildman–Crippen LogP) is 2.09. The van der Waals surface area contributed by atoms with Crippen molar-refractivity contribution in [1.82, 2.24) is 4.31 Å². The van der Waals surface area contributed by atoms with Gasteiger partial charge in [-0.3, -0.25) is 14.4 Å². The van der Waals surface area contributed by atoms with Crippen LogP contribution in [0.2, 0.25) is 5.02 Å². The summed E-state index contributed by atoms with van der Waals surface area (Å²) in [5.74, 6) is -1.90. The number of hydrogen-bond donors (Lipinski definition) is 0. The van der Waals surface area contributed by atoms with Gasteiger partial charge >= 0.3 is 5.97 Å². The van der Waals surface area contributed by atoms with Gasteiger partial charge in [-0.1, -0.05) is 23.7 Å². The van der Waals surface area contributed by atoms with E-state index in [9.17, 15) is 22.8 Å². The van der Waals surface area contributed by atoms with Gasteiger partial charge in [0.15, 0.2) is 0 Å². The van der Waals surface area contributed by atoms with Crippen molar-refractivity contribution in [1.29, 1.82) is 0 Å². The summed E-state index contributed by atoms with van der Waals surface area (Å²) in [5.41, 5.74) is 0.540. The molecule has 2 aromatic rings. The van der Waals surface area contributed by atoms with Gasteiger partial charge in [-0.2, -0.15) is 0 Å². The summed E-state index contributed by atoms with van der Waals surface area (Å²) in [6, 6.07) is 10.7. The number of hydrogen-bond acceptors (Lipinski definition) is 7. The Balaban J connectivity index is 1.38. The quantitative estimate of drug-likeness (QED) is 0.584. The van der Waals surface area contributed by atoms with E-state index in [4.69, 9.17) is 21.1 Å². The molecule has 0 aromatic heterocycles. The zero-order chi connectivity index (χ0) is 23.0. The molecule has 11 heteroatoms. The average Bonchev–Trinajstić information content (AvgIpc) is 3.25. The van der Waals surface area contributed by atoms with Crippen LogP contribution in [0.5, 0.6) is 5.75 Å². The van der Waals surface area contributed by atoms with Gasteiger partial charge in [-0.25, -0.2) is 12.7 Å². The average molecular weight is 479 g/mol. The molecule has 0 bridgehead atoms. The van der Waals surface area contributed by atoms with Crippen molar-refractivity contribution in [2.45, 2.75) is 11.3 Å². The molecule has 9 nitrogen and oxygen atoms in total. The molecule has 4 rings (SSSR count). The third-order valence-corrected chi connectivity index (χ3v) is 7.42. The highest BCUT2D eigenvalue weighted by molar-refractivity contribution is 7.90. The Bertz CT molecular complexity index is 1210. The Morgan fingerprint density at radius 1 is 1.19 bits per heavy atom. The Morgan fingerprint density at radius 3 is 2.66 bits per heavy atom. The molecule has 1 fully saturated rings. The van der Waals surface area contributed by atoms with E-state index < -0.39 is 27.8 Å². The minimum atomic E-state index is -3.97. The number of benzene rings is 2. The van der Waals surface area contributed by atoms with Gasteiger partial charge in [0.25, 0.3) is 15.9 Å². The Kier molecular flexibility index (Phi) is 5.83. The van der Waals surface area contributed by atoms with Crippen LogP contribution >= 0.6 is 11.6 Å². The first-order chi connectivity index (χ1) is 15.2. The normalized spacial score (nSPS) is 19.2. The van der Waals surface area contributed by atoms with E-state index in [1.54, 1.807) is 24.3 Å². The monoisotopic (exact) mass is 478 g/mol. The van der Waals surface area contributed by atoms with Gasteiger partial charge in [-0.05, 0) is 30.3 Å². The molecule has 1 atom stereocenters. The number of sulfonamides is 1. The fraction of sp³-hybridized carbons (Fsp3) is 0.286. The maximum Gasteiger partial charge on any atom is 0.311 e. The molecule has 2 heterocycles. The lowest BCUT2D eigenvalue weighted by Crippen LogP contribution is -2.34. The molecular weight excluding hydrogens is 460 g/mol. The molecule has 0 aliphatic carbocycles. The highest BCUT2D eigenvalue weighted by atomic mass is 35.5. The van der Waals surface area contributed by atoms with Crippen LogP contribution in [-0.2, 0) is 24.3 Å². The van der Waals surface area contributed by atoms with Gasteiger partial charge in [0.2, 0.25) is 5.91 Å². The van der Waals surface area contributed by atoms with Crippen LogP contribution in [-0.4, -0.2) is 57.3 Å². The highest BCUT2D eigenvalue weighted by Gasteiger charge is 2.41. The minimum absolute atomic E-state index is 0.0659. The van der Waals surface area contributed by atoms with E-state index in [-0.39, 0.29) is 42.5 Å². The number of rotatable bonds is 6. The van der Waals surface area contributed by atoms with E-state index >= 15 is 0 Å². The fourth-order valence-corrected chi connectivity index (χ4v) is 5.49. The lowest BCUT2D eigenvalue weighted by atomic mass is 10.1. The second-order valence-corrected chi connectivity index (χ2v) is 9.53. The molecular formula is C21H19ClN2O7S. The third-order valence-electron chi connectivity index (χ3n) is 5.34. The van der Waals surface area contributed by atoms with Crippen LogP contribution in [0.3, 0.4) is 0 Å². The molecule has 2 aromatic carbocycles. The summed E-state index contributed by atoms with van der Waals surface area (Å²) in [7, 11) is -2.51. The van der Waals surface area contributed by atoms with Crippen LogP contribution in [0, 0.1) is 5.92 Å². The molecule has 1 unspecified atom stereocenters. The summed E-state index contributed by atoms with van der Waals surface area (Å²) in [5, 5.41) is 0.414. The van der Waals surface area contributed by atoms with Crippen molar-refractivity contribution in [2.75, 3.05) is 31.7 Å². The molecule has 32 heavy (non-hydrogen) atoms. The van der Waals surface area contributed by atoms with E-state index in [2.05, 4.69) is 0 Å². The zero-order valence-electron chi connectivity index (χ0n) is 17.0. The predicted molar refractivity (Wildman–Crippen MR) is 114 cm³/mol. The molecule has 2 amide bonds. The lowest BCUT2D eigenvalue weighted by molar-refractivity contribution is -0.148. The van der Waals surface area contributed by atoms with Gasteiger partial charge in [-0.15, -0.1) is 0 Å². The Hall–Kier alpha value is -3.11. The number of anilines is 1. The smallest absolute Gasteiger partial charge is 0.311 e. The van der Waals surface area contributed by atoms with E-state index in [1.807, 2.05) is 0 Å². The zero-order valence-corrected chi connectivity index (χ0v) is 18.6. The van der Waals surface area contributed by atoms with Crippen molar-refractivity contribution < 1.29 is 32.3 Å². The number of fused-ring (bicyclic) bond motifs is 1. The summed E-state index contributed by atoms with van der Waals surface area (Å²) < 4.78 is 36.3. The first kappa shape index (κ1) is 22.1. The SMILES string of the molecule is COc1ccc(Cl)cc1N1CC(C(=O)OCCN2C(=O)c3ccccc3S2(=O)=O)CC1=O. The van der Waals surface area contributed by atoms with Crippen LogP contribution < -0.4 is 9.64 Å². The van der Waals surface area contributed by atoms with E-state index in [1.165, 1.54) is 30.2 Å². The van der Waals surface area contributed by atoms with E-state index in [0.29, 0.717) is 20.8 Å². The Morgan fingerprint density at radius 2 is 1.94 bits per heavy atom. The third kappa shape index (κ3) is 3.80. The number of amides is 2. The van der Waals surface area contributed by atoms with Crippen molar-refractivity contribution in [3.8, 4) is 5.75 Å². The van der Waals surface area contributed by atoms with Crippen LogP contribution in [0.25, 0.3) is 0 Å². The summed E-state index contributed by atoms with van der Waals surface area (Å²) in [6.07, 6.45) is -0.0686. The largest absolute Gasteiger partial charge is 0.495 e. The lowest BCUT2D eigenvalue weighted by Gasteiger charge is -2.20. The van der Waals surface area contributed by atoms with Crippen molar-refractivity contribution >= 4 is 45.1 Å². The first-order valence-corrected chi connectivity index (χ1v) is 11.5. The number of carbonyl (C=O) groups is 3. The number of nitrogens with zero attached hydrogens (tertiary/aromatic N) is 2. The number of ether oxygens (including phenoxy) is 2. The molecule has 2 aliphatic rings. The fourth-order valence-electron chi connectivity index (χ4n) is 3.77. The number of methoxy groups -OCH3 is 1. The van der Waals surface area contributed by atoms with Crippen LogP contribution in [0.4, 0.5) is 5.69 Å². The topological polar surface area (TPSA) is 110 Å². The molecule has 0 radical (unpaired) electrons. The molecule has 0 N–H and O–H groups in total. The maximum atomic E-state index is 12.5. The summed E-state index contributed by atoms with van der Waals surface area (Å²) >= 11 is 6.03. The van der Waals surface area contributed by atoms with Crippen molar-refractivity contribution in [2.24, 2.45) is 5.92 Å². The number of halogens is 1. The standard InChI is InChI=1S/C21H19ClN2O7S/c1-30-17-7-6-14(22)11-16(17)23-12-13(10-19(23)25)21(27)31-9-8-24-20(26)15-4-2-3-5-18(15)32(24,28)29/h2-7,11,13H,8-10,12H2,1H3. The highest BCUT2D eigenvalue weighted by Crippen LogP contribution is 2.35. The molecule has 168 valence electrons. The second-order valence-electron chi connectivity index (χ2n) is 7.27. The molecule has 2 aliphatic heterocycles. The van der Waals surface area contributed by atoms with Gasteiger partial charge in [0, 0.05) is 18.0 Å². The summed E-state index contributed by atoms with van der Waals surface area (Å²) in [6.45, 7) is -0.558. The van der Waals surface area contributed by atoms with Crippen LogP contribution in [0.15, 0.2) is 47.4 Å². The van der Waals surface area contributed by atoms with Crippen molar-refractivity contribution in [3.05, 3.63) is 53.1 Å². The van der Waals surface area contributed by atoms with Crippen LogP contribution in [0.1, 0.15) is 16.8 Å². The van der Waals surface area contributed by atoms with Crippen molar-refractivity contribution in [3.63, 3.8) is 0 Å². The van der Waals surface area contributed by atoms with Gasteiger partial charge in [0.1, 0.15) is 17.3 Å². The number of esters is 1. The maximum absolute atomic E-state index is 12.5.